The first-order chi connectivity index (χ1) is 16.1. The summed E-state index contributed by atoms with van der Waals surface area (Å²) in [5.41, 5.74) is -1.24. The Balaban J connectivity index is 1.35. The maximum atomic E-state index is 13.4. The van der Waals surface area contributed by atoms with Gasteiger partial charge in [0.25, 0.3) is 0 Å². The smallest absolute Gasteiger partial charge is 0.384 e. The van der Waals surface area contributed by atoms with E-state index in [2.05, 4.69) is 9.97 Å². The minimum atomic E-state index is -4.43. The van der Waals surface area contributed by atoms with Crippen molar-refractivity contribution < 1.29 is 27.4 Å². The Morgan fingerprint density at radius 1 is 1.12 bits per heavy atom. The standard InChI is InChI=1S/C22H20F4N4O3S/c23-16-3-1-13(2-4-16)21(32)14-7-29(8-15(21)11-33-10-14)19-27-12-30(20(31)28-19)9-17-5-6-18(34-17)22(24,25)26/h1-6,12,14-15,32H,7-11H2/t14-,15+,21+. The number of rotatable bonds is 4. The molecule has 1 N–H and O–H groups in total. The lowest BCUT2D eigenvalue weighted by Crippen LogP contribution is -2.62. The van der Waals surface area contributed by atoms with Crippen LogP contribution in [0.5, 0.6) is 0 Å². The number of alkyl halides is 3. The average Bonchev–Trinajstić information content (AvgIpc) is 3.25. The molecule has 3 atom stereocenters. The monoisotopic (exact) mass is 496 g/mol. The molecule has 7 nitrogen and oxygen atoms in total. The minimum Gasteiger partial charge on any atom is -0.384 e. The number of fused-ring (bicyclic) bond motifs is 2. The summed E-state index contributed by atoms with van der Waals surface area (Å²) in [6.45, 7) is 1.11. The fourth-order valence-corrected chi connectivity index (χ4v) is 5.55. The third-order valence-electron chi connectivity index (χ3n) is 6.38. The van der Waals surface area contributed by atoms with Crippen LogP contribution in [0.4, 0.5) is 23.5 Å². The number of ether oxygens (including phenoxy) is 1. The van der Waals surface area contributed by atoms with Crippen LogP contribution >= 0.6 is 11.3 Å². The highest BCUT2D eigenvalue weighted by Crippen LogP contribution is 2.45. The number of aliphatic hydroxyl groups is 1. The van der Waals surface area contributed by atoms with Gasteiger partial charge < -0.3 is 14.7 Å². The summed E-state index contributed by atoms with van der Waals surface area (Å²) >= 11 is 0.569. The molecule has 0 amide bonds. The fraction of sp³-hybridized carbons (Fsp3) is 0.409. The van der Waals surface area contributed by atoms with Crippen LogP contribution in [0.1, 0.15) is 15.3 Å². The molecule has 0 aliphatic carbocycles. The zero-order chi connectivity index (χ0) is 24.1. The first kappa shape index (κ1) is 22.9. The van der Waals surface area contributed by atoms with Crippen LogP contribution in [-0.2, 0) is 23.1 Å². The highest BCUT2D eigenvalue weighted by atomic mass is 32.1. The molecule has 2 bridgehead atoms. The van der Waals surface area contributed by atoms with E-state index < -0.39 is 28.2 Å². The number of aromatic nitrogens is 3. The Labute approximate surface area is 195 Å². The summed E-state index contributed by atoms with van der Waals surface area (Å²) in [6.07, 6.45) is -3.16. The van der Waals surface area contributed by atoms with E-state index in [0.29, 0.717) is 34.9 Å². The molecule has 4 heterocycles. The number of hydrogen-bond donors (Lipinski definition) is 1. The van der Waals surface area contributed by atoms with Crippen LogP contribution in [0.2, 0.25) is 0 Å². The molecular weight excluding hydrogens is 476 g/mol. The number of hydrogen-bond acceptors (Lipinski definition) is 7. The lowest BCUT2D eigenvalue weighted by Gasteiger charge is -2.52. The summed E-state index contributed by atoms with van der Waals surface area (Å²) in [5.74, 6) is -0.925. The van der Waals surface area contributed by atoms with E-state index >= 15 is 0 Å². The molecular formula is C22H20F4N4O3S. The predicted molar refractivity (Wildman–Crippen MR) is 115 cm³/mol. The number of thiophene rings is 1. The normalized spacial score (nSPS) is 24.9. The summed E-state index contributed by atoms with van der Waals surface area (Å²) in [6, 6.07) is 8.08. The maximum Gasteiger partial charge on any atom is 0.425 e. The molecule has 1 aromatic carbocycles. The van der Waals surface area contributed by atoms with Crippen LogP contribution in [0.25, 0.3) is 0 Å². The van der Waals surface area contributed by atoms with E-state index in [-0.39, 0.29) is 37.5 Å². The quantitative estimate of drug-likeness (QED) is 0.560. The van der Waals surface area contributed by atoms with Gasteiger partial charge in [-0.25, -0.2) is 14.2 Å². The molecule has 12 heteroatoms. The van der Waals surface area contributed by atoms with Crippen LogP contribution in [0.3, 0.4) is 0 Å². The number of anilines is 1. The van der Waals surface area contributed by atoms with Gasteiger partial charge in [0, 0.05) is 29.8 Å². The first-order valence-electron chi connectivity index (χ1n) is 10.5. The molecule has 5 rings (SSSR count). The molecule has 0 spiro atoms. The zero-order valence-electron chi connectivity index (χ0n) is 17.7. The van der Waals surface area contributed by atoms with E-state index in [9.17, 15) is 27.5 Å². The van der Waals surface area contributed by atoms with Crippen LogP contribution < -0.4 is 10.6 Å². The van der Waals surface area contributed by atoms with Crippen LogP contribution in [0.15, 0.2) is 47.5 Å². The van der Waals surface area contributed by atoms with Gasteiger partial charge in [0.15, 0.2) is 0 Å². The second-order valence-corrected chi connectivity index (χ2v) is 9.67. The van der Waals surface area contributed by atoms with Crippen molar-refractivity contribution in [1.82, 2.24) is 14.5 Å². The summed E-state index contributed by atoms with van der Waals surface area (Å²) in [5, 5.41) is 11.6. The summed E-state index contributed by atoms with van der Waals surface area (Å²) in [7, 11) is 0. The molecule has 0 unspecified atom stereocenters. The number of piperidine rings is 1. The van der Waals surface area contributed by atoms with Gasteiger partial charge in [0.1, 0.15) is 22.6 Å². The van der Waals surface area contributed by atoms with E-state index in [1.165, 1.54) is 24.5 Å². The SMILES string of the molecule is O=c1nc(N2C[C@H]3COC[C@@H](C2)[C@@]3(O)c2ccc(F)cc2)ncn1Cc1ccc(C(F)(F)F)s1. The van der Waals surface area contributed by atoms with Crippen LogP contribution in [-0.4, -0.2) is 45.9 Å². The van der Waals surface area contributed by atoms with Gasteiger partial charge in [-0.05, 0) is 29.8 Å². The molecule has 2 aromatic heterocycles. The van der Waals surface area contributed by atoms with Crippen molar-refractivity contribution in [3.8, 4) is 0 Å². The highest BCUT2D eigenvalue weighted by Gasteiger charge is 2.53. The Hall–Kier alpha value is -2.83. The highest BCUT2D eigenvalue weighted by molar-refractivity contribution is 7.12. The third-order valence-corrected chi connectivity index (χ3v) is 7.49. The van der Waals surface area contributed by atoms with E-state index in [0.717, 1.165) is 10.6 Å². The molecule has 2 fully saturated rings. The van der Waals surface area contributed by atoms with Crippen molar-refractivity contribution in [2.75, 3.05) is 31.2 Å². The van der Waals surface area contributed by atoms with Crippen molar-refractivity contribution in [1.29, 1.82) is 0 Å². The minimum absolute atomic E-state index is 0.0662. The second kappa shape index (κ2) is 8.43. The first-order valence-corrected chi connectivity index (χ1v) is 11.4. The van der Waals surface area contributed by atoms with E-state index in [1.54, 1.807) is 17.0 Å². The summed E-state index contributed by atoms with van der Waals surface area (Å²) in [4.78, 5) is 22.3. The van der Waals surface area contributed by atoms with Crippen molar-refractivity contribution in [3.63, 3.8) is 0 Å². The topological polar surface area (TPSA) is 80.5 Å². The van der Waals surface area contributed by atoms with Crippen molar-refractivity contribution in [2.45, 2.75) is 18.3 Å². The van der Waals surface area contributed by atoms with E-state index in [4.69, 9.17) is 4.74 Å². The van der Waals surface area contributed by atoms with Gasteiger partial charge in [0.05, 0.1) is 19.8 Å². The molecule has 0 saturated carbocycles. The number of nitrogens with zero attached hydrogens (tertiary/aromatic N) is 4. The predicted octanol–water partition coefficient (Wildman–Crippen LogP) is 2.88. The van der Waals surface area contributed by atoms with Crippen molar-refractivity contribution in [2.24, 2.45) is 11.8 Å². The molecule has 0 radical (unpaired) electrons. The van der Waals surface area contributed by atoms with Gasteiger partial charge in [-0.2, -0.15) is 18.2 Å². The van der Waals surface area contributed by atoms with Gasteiger partial charge in [-0.1, -0.05) is 12.1 Å². The average molecular weight is 496 g/mol. The molecule has 2 aliphatic rings. The Morgan fingerprint density at radius 2 is 1.79 bits per heavy atom. The van der Waals surface area contributed by atoms with Crippen molar-refractivity contribution in [3.05, 3.63) is 74.3 Å². The fourth-order valence-electron chi connectivity index (χ4n) is 4.68. The summed E-state index contributed by atoms with van der Waals surface area (Å²) < 4.78 is 58.7. The molecule has 2 saturated heterocycles. The lowest BCUT2D eigenvalue weighted by molar-refractivity contribution is -0.169. The number of benzene rings is 1. The zero-order valence-corrected chi connectivity index (χ0v) is 18.5. The molecule has 180 valence electrons. The molecule has 3 aromatic rings. The Bertz CT molecular complexity index is 1230. The van der Waals surface area contributed by atoms with Gasteiger partial charge in [-0.15, -0.1) is 11.3 Å². The van der Waals surface area contributed by atoms with E-state index in [1.807, 2.05) is 0 Å². The third kappa shape index (κ3) is 4.10. The van der Waals surface area contributed by atoms with Crippen LogP contribution in [0, 0.1) is 17.7 Å². The largest absolute Gasteiger partial charge is 0.425 e. The Morgan fingerprint density at radius 3 is 2.38 bits per heavy atom. The number of halogens is 4. The lowest BCUT2D eigenvalue weighted by atomic mass is 9.68. The Kier molecular flexibility index (Phi) is 5.69. The van der Waals surface area contributed by atoms with Gasteiger partial charge >= 0.3 is 11.9 Å². The van der Waals surface area contributed by atoms with Crippen molar-refractivity contribution >= 4 is 17.3 Å². The molecule has 2 aliphatic heterocycles. The second-order valence-electron chi connectivity index (χ2n) is 8.50. The van der Waals surface area contributed by atoms with Gasteiger partial charge in [-0.3, -0.25) is 4.57 Å². The molecule has 34 heavy (non-hydrogen) atoms. The maximum absolute atomic E-state index is 13.4. The van der Waals surface area contributed by atoms with Gasteiger partial charge in [0.2, 0.25) is 5.95 Å².